The van der Waals surface area contributed by atoms with Crippen LogP contribution in [0.4, 0.5) is 9.18 Å². The number of carbonyl (C=O) groups is 4. The number of fused-ring (bicyclic) bond motifs is 1. The van der Waals surface area contributed by atoms with E-state index >= 15 is 0 Å². The Balaban J connectivity index is 1.66. The van der Waals surface area contributed by atoms with Crippen molar-refractivity contribution in [2.75, 3.05) is 6.54 Å². The lowest BCUT2D eigenvalue weighted by Crippen LogP contribution is -2.62. The lowest BCUT2D eigenvalue weighted by molar-refractivity contribution is -0.143. The largest absolute Gasteiger partial charge is 0.472 e. The van der Waals surface area contributed by atoms with Crippen LogP contribution in [0, 0.1) is 11.2 Å². The second-order valence-electron chi connectivity index (χ2n) is 14.9. The van der Waals surface area contributed by atoms with Crippen LogP contribution in [0.25, 0.3) is 10.8 Å². The summed E-state index contributed by atoms with van der Waals surface area (Å²) >= 11 is 0. The summed E-state index contributed by atoms with van der Waals surface area (Å²) < 4.78 is 52.9. The van der Waals surface area contributed by atoms with Crippen molar-refractivity contribution >= 4 is 44.6 Å². The third-order valence-electron chi connectivity index (χ3n) is 8.24. The first-order chi connectivity index (χ1) is 22.6. The number of halogens is 1. The standard InChI is InChI=1S/C34H46FN5O8S/c1-9-15-34(8,30(43)39-49(45,46)23-11-12-23)38-27(41)25-18-22(47-28-24-13-10-21(35)17-20(24)14-16-36-28)19-40(25)29(42)26(32(2,3)4)37-31(44)48-33(5,6)7/h9-10,13-14,16-17,22-23,25-26H,1,11-12,15,18-19H2,2-8H3,(H,37,44)(H,38,41)(H,39,43)/t22-,25+,26-,34+/m1/s1. The molecule has 1 aromatic carbocycles. The number of ether oxygens (including phenoxy) is 2. The molecule has 4 atom stereocenters. The summed E-state index contributed by atoms with van der Waals surface area (Å²) in [5.74, 6) is -2.58. The van der Waals surface area contributed by atoms with E-state index in [1.54, 1.807) is 47.6 Å². The predicted molar refractivity (Wildman–Crippen MR) is 180 cm³/mol. The highest BCUT2D eigenvalue weighted by atomic mass is 32.2. The highest BCUT2D eigenvalue weighted by Gasteiger charge is 2.48. The van der Waals surface area contributed by atoms with Gasteiger partial charge < -0.3 is 25.0 Å². The Morgan fingerprint density at radius 1 is 1.10 bits per heavy atom. The number of hydrogen-bond acceptors (Lipinski definition) is 9. The molecule has 0 radical (unpaired) electrons. The van der Waals surface area contributed by atoms with Crippen LogP contribution >= 0.6 is 0 Å². The maximum Gasteiger partial charge on any atom is 0.408 e. The van der Waals surface area contributed by atoms with Crippen molar-refractivity contribution in [1.29, 1.82) is 0 Å². The molecular weight excluding hydrogens is 657 g/mol. The number of sulfonamides is 1. The van der Waals surface area contributed by atoms with E-state index in [9.17, 15) is 32.0 Å². The highest BCUT2D eigenvalue weighted by Crippen LogP contribution is 2.32. The molecule has 1 aliphatic carbocycles. The minimum absolute atomic E-state index is 0.0493. The highest BCUT2D eigenvalue weighted by molar-refractivity contribution is 7.91. The quantitative estimate of drug-likeness (QED) is 0.295. The summed E-state index contributed by atoms with van der Waals surface area (Å²) in [5, 5.41) is 5.70. The number of aromatic nitrogens is 1. The fraction of sp³-hybridized carbons (Fsp3) is 0.559. The predicted octanol–water partition coefficient (Wildman–Crippen LogP) is 3.72. The molecule has 49 heavy (non-hydrogen) atoms. The topological polar surface area (TPSA) is 173 Å². The van der Waals surface area contributed by atoms with Gasteiger partial charge in [-0.05, 0) is 82.0 Å². The van der Waals surface area contributed by atoms with E-state index in [2.05, 4.69) is 26.9 Å². The van der Waals surface area contributed by atoms with Gasteiger partial charge in [-0.15, -0.1) is 6.58 Å². The second-order valence-corrected chi connectivity index (χ2v) is 16.9. The van der Waals surface area contributed by atoms with Crippen LogP contribution in [0.2, 0.25) is 0 Å². The summed E-state index contributed by atoms with van der Waals surface area (Å²) in [7, 11) is -3.94. The van der Waals surface area contributed by atoms with Gasteiger partial charge in [-0.3, -0.25) is 19.1 Å². The monoisotopic (exact) mass is 703 g/mol. The van der Waals surface area contributed by atoms with E-state index in [-0.39, 0.29) is 25.3 Å². The molecule has 1 saturated heterocycles. The van der Waals surface area contributed by atoms with E-state index in [1.165, 1.54) is 42.3 Å². The molecule has 4 rings (SSSR count). The van der Waals surface area contributed by atoms with Gasteiger partial charge in [0.1, 0.15) is 35.1 Å². The number of nitrogens with zero attached hydrogens (tertiary/aromatic N) is 2. The maximum atomic E-state index is 14.3. The normalized spacial score (nSPS) is 20.1. The number of likely N-dealkylation sites (tertiary alicyclic amines) is 1. The Kier molecular flexibility index (Phi) is 10.7. The van der Waals surface area contributed by atoms with Gasteiger partial charge in [-0.2, -0.15) is 0 Å². The van der Waals surface area contributed by atoms with Crippen molar-refractivity contribution in [3.8, 4) is 5.88 Å². The van der Waals surface area contributed by atoms with Gasteiger partial charge in [-0.25, -0.2) is 22.6 Å². The Morgan fingerprint density at radius 3 is 2.37 bits per heavy atom. The molecule has 268 valence electrons. The fourth-order valence-electron chi connectivity index (χ4n) is 5.54. The molecule has 0 unspecified atom stereocenters. The molecule has 2 aliphatic rings. The van der Waals surface area contributed by atoms with Gasteiger partial charge in [0.2, 0.25) is 27.7 Å². The Morgan fingerprint density at radius 2 is 1.78 bits per heavy atom. The summed E-state index contributed by atoms with van der Waals surface area (Å²) in [4.78, 5) is 60.2. The molecule has 1 aliphatic heterocycles. The van der Waals surface area contributed by atoms with Gasteiger partial charge >= 0.3 is 6.09 Å². The molecule has 2 fully saturated rings. The van der Waals surface area contributed by atoms with E-state index in [0.29, 0.717) is 23.6 Å². The Hall–Kier alpha value is -4.27. The van der Waals surface area contributed by atoms with E-state index in [1.807, 2.05) is 0 Å². The smallest absolute Gasteiger partial charge is 0.408 e. The molecular formula is C34H46FN5O8S. The second kappa shape index (κ2) is 13.9. The number of carbonyl (C=O) groups excluding carboxylic acids is 4. The molecule has 1 saturated carbocycles. The first-order valence-electron chi connectivity index (χ1n) is 16.1. The van der Waals surface area contributed by atoms with Crippen LogP contribution in [0.5, 0.6) is 5.88 Å². The van der Waals surface area contributed by atoms with Crippen molar-refractivity contribution in [2.24, 2.45) is 5.41 Å². The number of alkyl carbamates (subject to hydrolysis) is 1. The van der Waals surface area contributed by atoms with Crippen molar-refractivity contribution < 1.29 is 41.5 Å². The van der Waals surface area contributed by atoms with Crippen LogP contribution in [-0.2, 0) is 29.1 Å². The van der Waals surface area contributed by atoms with Crippen molar-refractivity contribution in [1.82, 2.24) is 25.2 Å². The molecule has 3 N–H and O–H groups in total. The molecule has 1 aromatic heterocycles. The van der Waals surface area contributed by atoms with Gasteiger partial charge in [0.25, 0.3) is 5.91 Å². The minimum atomic E-state index is -3.94. The molecule has 0 spiro atoms. The van der Waals surface area contributed by atoms with E-state index < -0.39 is 79.6 Å². The summed E-state index contributed by atoms with van der Waals surface area (Å²) in [5.41, 5.74) is -3.43. The lowest BCUT2D eigenvalue weighted by Gasteiger charge is -2.36. The van der Waals surface area contributed by atoms with E-state index in [0.717, 1.165) is 0 Å². The number of nitrogens with one attached hydrogen (secondary N) is 3. The number of hydrogen-bond donors (Lipinski definition) is 3. The maximum absolute atomic E-state index is 14.3. The van der Waals surface area contributed by atoms with Gasteiger partial charge in [0.05, 0.1) is 11.8 Å². The van der Waals surface area contributed by atoms with Gasteiger partial charge in [0, 0.05) is 18.0 Å². The van der Waals surface area contributed by atoms with Gasteiger partial charge in [-0.1, -0.05) is 26.8 Å². The fourth-order valence-corrected chi connectivity index (χ4v) is 6.94. The zero-order valence-corrected chi connectivity index (χ0v) is 29.8. The first kappa shape index (κ1) is 37.5. The number of amides is 4. The minimum Gasteiger partial charge on any atom is -0.472 e. The third kappa shape index (κ3) is 9.25. The van der Waals surface area contributed by atoms with Crippen LogP contribution in [0.15, 0.2) is 43.1 Å². The van der Waals surface area contributed by atoms with Crippen molar-refractivity contribution in [3.63, 3.8) is 0 Å². The summed E-state index contributed by atoms with van der Waals surface area (Å²) in [6.45, 7) is 15.2. The Labute approximate surface area is 286 Å². The summed E-state index contributed by atoms with van der Waals surface area (Å²) in [6.07, 6.45) is 1.91. The van der Waals surface area contributed by atoms with E-state index in [4.69, 9.17) is 9.47 Å². The average molecular weight is 704 g/mol. The number of benzene rings is 1. The van der Waals surface area contributed by atoms with Crippen LogP contribution in [-0.4, -0.2) is 83.2 Å². The zero-order chi connectivity index (χ0) is 36.5. The van der Waals surface area contributed by atoms with Crippen LogP contribution in [0.1, 0.15) is 74.1 Å². The molecule has 13 nitrogen and oxygen atoms in total. The van der Waals surface area contributed by atoms with Gasteiger partial charge in [0.15, 0.2) is 0 Å². The SMILES string of the molecule is C=CC[C@](C)(NC(=O)[C@@H]1C[C@@H](Oc2nccc3cc(F)ccc23)CN1C(=O)[C@@H](NC(=O)OC(C)(C)C)C(C)(C)C)C(=O)NS(=O)(=O)C1CC1. The lowest BCUT2D eigenvalue weighted by atomic mass is 9.85. The molecule has 2 aromatic rings. The molecule has 2 heterocycles. The third-order valence-corrected chi connectivity index (χ3v) is 10.1. The zero-order valence-electron chi connectivity index (χ0n) is 29.0. The average Bonchev–Trinajstić information content (AvgIpc) is 3.75. The van der Waals surface area contributed by atoms with Crippen molar-refractivity contribution in [3.05, 3.63) is 48.9 Å². The molecule has 0 bridgehead atoms. The number of pyridine rings is 1. The van der Waals surface area contributed by atoms with Crippen LogP contribution in [0.3, 0.4) is 0 Å². The Bertz CT molecular complexity index is 1730. The van der Waals surface area contributed by atoms with Crippen molar-refractivity contribution in [2.45, 2.75) is 109 Å². The molecule has 4 amide bonds. The first-order valence-corrected chi connectivity index (χ1v) is 17.7. The number of rotatable bonds is 11. The summed E-state index contributed by atoms with van der Waals surface area (Å²) in [6, 6.07) is 3.37. The molecule has 15 heteroatoms. The van der Waals surface area contributed by atoms with Crippen LogP contribution < -0.4 is 20.1 Å².